The Morgan fingerprint density at radius 2 is 2.40 bits per heavy atom. The summed E-state index contributed by atoms with van der Waals surface area (Å²) < 4.78 is 0. The summed E-state index contributed by atoms with van der Waals surface area (Å²) in [5, 5.41) is 9.74. The van der Waals surface area contributed by atoms with Crippen LogP contribution in [0.2, 0.25) is 0 Å². The van der Waals surface area contributed by atoms with Gasteiger partial charge in [-0.3, -0.25) is 0 Å². The minimum absolute atomic E-state index is 0.978. The fraction of sp³-hybridized carbons (Fsp3) is 0. The third kappa shape index (κ3) is 1.04. The minimum atomic E-state index is 0.978. The monoisotopic (exact) mass is 168 g/mol. The molecule has 4 heteroatoms. The van der Waals surface area contributed by atoms with Crippen molar-refractivity contribution in [3.63, 3.8) is 0 Å². The average Bonchev–Trinajstić information content (AvgIpc) is 2.05. The topological polar surface area (TPSA) is 25.8 Å². The van der Waals surface area contributed by atoms with Crippen molar-refractivity contribution < 1.29 is 0 Å². The van der Waals surface area contributed by atoms with Gasteiger partial charge in [0, 0.05) is 4.90 Å². The minimum Gasteiger partial charge on any atom is -0.158 e. The maximum absolute atomic E-state index is 3.95. The fourth-order valence-electron chi connectivity index (χ4n) is 0.689. The highest BCUT2D eigenvalue weighted by atomic mass is 33.1. The molecule has 0 radical (unpaired) electrons. The van der Waals surface area contributed by atoms with E-state index in [0.717, 1.165) is 5.69 Å². The van der Waals surface area contributed by atoms with Gasteiger partial charge in [-0.1, -0.05) is 21.6 Å². The molecule has 1 aliphatic rings. The third-order valence-electron chi connectivity index (χ3n) is 1.13. The van der Waals surface area contributed by atoms with Gasteiger partial charge in [-0.15, -0.1) is 5.10 Å². The molecule has 0 saturated heterocycles. The van der Waals surface area contributed by atoms with E-state index in [9.17, 15) is 0 Å². The lowest BCUT2D eigenvalue weighted by Crippen LogP contribution is -1.88. The molecule has 0 atom stereocenters. The number of aromatic nitrogens is 2. The molecule has 0 spiro atoms. The Bertz CT molecular complexity index is 272. The van der Waals surface area contributed by atoms with Crippen molar-refractivity contribution in [3.8, 4) is 0 Å². The summed E-state index contributed by atoms with van der Waals surface area (Å²) in [6.45, 7) is 0. The van der Waals surface area contributed by atoms with Crippen LogP contribution in [0.1, 0.15) is 5.69 Å². The van der Waals surface area contributed by atoms with Crippen LogP contribution < -0.4 is 0 Å². The van der Waals surface area contributed by atoms with E-state index >= 15 is 0 Å². The Labute approximate surface area is 66.5 Å². The van der Waals surface area contributed by atoms with Crippen LogP contribution in [0.4, 0.5) is 0 Å². The molecular weight excluding hydrogens is 164 g/mol. The second-order valence-corrected chi connectivity index (χ2v) is 3.91. The Kier molecular flexibility index (Phi) is 1.65. The van der Waals surface area contributed by atoms with Gasteiger partial charge in [-0.2, -0.15) is 5.10 Å². The predicted molar refractivity (Wildman–Crippen MR) is 44.5 cm³/mol. The smallest absolute Gasteiger partial charge is 0.101 e. The van der Waals surface area contributed by atoms with Crippen LogP contribution in [-0.2, 0) is 0 Å². The summed E-state index contributed by atoms with van der Waals surface area (Å²) in [7, 11) is 3.42. The van der Waals surface area contributed by atoms with Crippen molar-refractivity contribution >= 4 is 27.7 Å². The van der Waals surface area contributed by atoms with Gasteiger partial charge in [-0.05, 0) is 17.6 Å². The van der Waals surface area contributed by atoms with Gasteiger partial charge in [-0.25, -0.2) is 0 Å². The molecule has 1 aliphatic heterocycles. The summed E-state index contributed by atoms with van der Waals surface area (Å²) in [5.74, 6) is 0. The van der Waals surface area contributed by atoms with E-state index in [0.29, 0.717) is 0 Å². The molecule has 0 saturated carbocycles. The van der Waals surface area contributed by atoms with Crippen LogP contribution in [0.3, 0.4) is 0 Å². The van der Waals surface area contributed by atoms with Gasteiger partial charge < -0.3 is 0 Å². The van der Waals surface area contributed by atoms with Gasteiger partial charge in [0.2, 0.25) is 0 Å². The molecule has 0 aliphatic carbocycles. The van der Waals surface area contributed by atoms with E-state index in [1.54, 1.807) is 27.8 Å². The van der Waals surface area contributed by atoms with Crippen molar-refractivity contribution in [2.75, 3.05) is 0 Å². The summed E-state index contributed by atoms with van der Waals surface area (Å²) in [6, 6.07) is 1.98. The van der Waals surface area contributed by atoms with Crippen LogP contribution in [-0.4, -0.2) is 10.2 Å². The first-order valence-corrected chi connectivity index (χ1v) is 5.00. The highest BCUT2D eigenvalue weighted by molar-refractivity contribution is 8.78. The maximum Gasteiger partial charge on any atom is 0.101 e. The number of fused-ring (bicyclic) bond motifs is 1. The molecule has 2 nitrogen and oxygen atoms in total. The number of nitrogens with zero attached hydrogens (tertiary/aromatic N) is 2. The molecule has 0 aromatic carbocycles. The van der Waals surface area contributed by atoms with Gasteiger partial charge in [0.25, 0.3) is 0 Å². The summed E-state index contributed by atoms with van der Waals surface area (Å²) >= 11 is 0. The second-order valence-electron chi connectivity index (χ2n) is 1.76. The normalized spacial score (nSPS) is 14.8. The van der Waals surface area contributed by atoms with E-state index in [-0.39, 0.29) is 0 Å². The van der Waals surface area contributed by atoms with E-state index in [2.05, 4.69) is 10.2 Å². The highest BCUT2D eigenvalue weighted by Crippen LogP contribution is 2.37. The fourth-order valence-corrected chi connectivity index (χ4v) is 2.41. The predicted octanol–water partition coefficient (Wildman–Crippen LogP) is 2.20. The van der Waals surface area contributed by atoms with Crippen LogP contribution >= 0.6 is 21.6 Å². The van der Waals surface area contributed by atoms with Gasteiger partial charge in [0.05, 0.1) is 6.20 Å². The molecule has 10 heavy (non-hydrogen) atoms. The standard InChI is InChI=1S/C6H4N2S2/c1-3-7-8-5-2-4-9-10-6(1)5/h1-4H. The van der Waals surface area contributed by atoms with E-state index < -0.39 is 0 Å². The number of rotatable bonds is 0. The van der Waals surface area contributed by atoms with E-state index in [1.165, 1.54) is 4.90 Å². The number of hydrogen-bond acceptors (Lipinski definition) is 4. The number of hydrogen-bond donors (Lipinski definition) is 0. The van der Waals surface area contributed by atoms with Crippen molar-refractivity contribution in [1.29, 1.82) is 0 Å². The molecule has 0 bridgehead atoms. The van der Waals surface area contributed by atoms with Gasteiger partial charge >= 0.3 is 0 Å². The first kappa shape index (κ1) is 6.24. The van der Waals surface area contributed by atoms with Crippen molar-refractivity contribution in [2.45, 2.75) is 4.90 Å². The zero-order chi connectivity index (χ0) is 6.81. The van der Waals surface area contributed by atoms with E-state index in [4.69, 9.17) is 0 Å². The van der Waals surface area contributed by atoms with Gasteiger partial charge in [0.15, 0.2) is 0 Å². The maximum atomic E-state index is 3.95. The Balaban J connectivity index is 2.54. The zero-order valence-electron chi connectivity index (χ0n) is 5.02. The molecule has 0 unspecified atom stereocenters. The lowest BCUT2D eigenvalue weighted by atomic mass is 10.4. The first-order valence-electron chi connectivity index (χ1n) is 2.78. The molecule has 2 rings (SSSR count). The molecule has 2 heterocycles. The van der Waals surface area contributed by atoms with Crippen LogP contribution in [0, 0.1) is 0 Å². The zero-order valence-corrected chi connectivity index (χ0v) is 6.65. The summed E-state index contributed by atoms with van der Waals surface area (Å²) in [5.41, 5.74) is 0.978. The summed E-state index contributed by atoms with van der Waals surface area (Å²) in [6.07, 6.45) is 3.69. The van der Waals surface area contributed by atoms with Gasteiger partial charge in [0.1, 0.15) is 5.69 Å². The van der Waals surface area contributed by atoms with Crippen molar-refractivity contribution in [1.82, 2.24) is 10.2 Å². The highest BCUT2D eigenvalue weighted by Gasteiger charge is 2.04. The van der Waals surface area contributed by atoms with Crippen LogP contribution in [0.15, 0.2) is 22.6 Å². The largest absolute Gasteiger partial charge is 0.158 e. The Hall–Kier alpha value is -0.480. The molecular formula is C6H4N2S2. The van der Waals surface area contributed by atoms with E-state index in [1.807, 2.05) is 17.6 Å². The Morgan fingerprint density at radius 1 is 1.40 bits per heavy atom. The molecule has 0 amide bonds. The second kappa shape index (κ2) is 2.64. The lowest BCUT2D eigenvalue weighted by Gasteiger charge is -2.04. The molecule has 0 N–H and O–H groups in total. The molecule has 1 aromatic heterocycles. The van der Waals surface area contributed by atoms with Crippen molar-refractivity contribution in [3.05, 3.63) is 23.4 Å². The SMILES string of the molecule is C1=Cc2nnccc2SS1. The first-order chi connectivity index (χ1) is 4.97. The Morgan fingerprint density at radius 3 is 3.30 bits per heavy atom. The van der Waals surface area contributed by atoms with Crippen LogP contribution in [0.25, 0.3) is 6.08 Å². The summed E-state index contributed by atoms with van der Waals surface area (Å²) in [4.78, 5) is 1.20. The molecule has 50 valence electrons. The van der Waals surface area contributed by atoms with Crippen LogP contribution in [0.5, 0.6) is 0 Å². The average molecular weight is 168 g/mol. The molecule has 0 fully saturated rings. The molecule has 1 aromatic rings. The van der Waals surface area contributed by atoms with Crippen molar-refractivity contribution in [2.24, 2.45) is 0 Å². The quantitative estimate of drug-likeness (QED) is 0.555. The lowest BCUT2D eigenvalue weighted by molar-refractivity contribution is 0.982. The third-order valence-corrected chi connectivity index (χ3v) is 3.16.